The predicted octanol–water partition coefficient (Wildman–Crippen LogP) is 2.20. The first kappa shape index (κ1) is 16.6. The molecule has 0 radical (unpaired) electrons. The van der Waals surface area contributed by atoms with Gasteiger partial charge in [0.25, 0.3) is 0 Å². The summed E-state index contributed by atoms with van der Waals surface area (Å²) in [6, 6.07) is 4.09. The summed E-state index contributed by atoms with van der Waals surface area (Å²) in [5.74, 6) is -1.43. The van der Waals surface area contributed by atoms with E-state index in [-0.39, 0.29) is 5.56 Å². The Morgan fingerprint density at radius 2 is 2.00 bits per heavy atom. The molecule has 0 saturated carbocycles. The first-order chi connectivity index (χ1) is 10.4. The van der Waals surface area contributed by atoms with Crippen LogP contribution in [0.25, 0.3) is 0 Å². The number of halogens is 3. The second-order valence-electron chi connectivity index (χ2n) is 4.76. The van der Waals surface area contributed by atoms with Crippen LogP contribution in [-0.2, 0) is 16.0 Å². The van der Waals surface area contributed by atoms with Crippen LogP contribution >= 0.6 is 0 Å². The molecular formula is C14H16F3NO4. The van der Waals surface area contributed by atoms with E-state index in [2.05, 4.69) is 9.47 Å². The molecule has 0 spiro atoms. The van der Waals surface area contributed by atoms with Crippen molar-refractivity contribution in [3.63, 3.8) is 0 Å². The van der Waals surface area contributed by atoms with Crippen LogP contribution in [0.4, 0.5) is 13.2 Å². The Labute approximate surface area is 125 Å². The summed E-state index contributed by atoms with van der Waals surface area (Å²) < 4.78 is 51.1. The summed E-state index contributed by atoms with van der Waals surface area (Å²) in [5.41, 5.74) is 0.361. The summed E-state index contributed by atoms with van der Waals surface area (Å²) in [6.07, 6.45) is -4.87. The maximum Gasteiger partial charge on any atom is 0.573 e. The predicted molar refractivity (Wildman–Crippen MR) is 70.6 cm³/mol. The minimum absolute atomic E-state index is 0.259. The maximum atomic E-state index is 12.5. The van der Waals surface area contributed by atoms with Gasteiger partial charge in [-0.1, -0.05) is 6.07 Å². The SMILES string of the molecule is COC(=O)c1ccc(CN2CCOCC2)cc1OC(F)(F)F. The van der Waals surface area contributed by atoms with Crippen LogP contribution in [-0.4, -0.2) is 50.6 Å². The molecule has 0 aromatic heterocycles. The molecule has 0 bridgehead atoms. The number of rotatable bonds is 4. The molecule has 0 N–H and O–H groups in total. The third-order valence-corrected chi connectivity index (χ3v) is 3.19. The van der Waals surface area contributed by atoms with E-state index in [1.54, 1.807) is 6.07 Å². The van der Waals surface area contributed by atoms with E-state index in [9.17, 15) is 18.0 Å². The highest BCUT2D eigenvalue weighted by molar-refractivity contribution is 5.92. The molecule has 0 unspecified atom stereocenters. The van der Waals surface area contributed by atoms with Crippen molar-refractivity contribution in [2.45, 2.75) is 12.9 Å². The van der Waals surface area contributed by atoms with E-state index >= 15 is 0 Å². The van der Waals surface area contributed by atoms with Gasteiger partial charge in [-0.05, 0) is 17.7 Å². The smallest absolute Gasteiger partial charge is 0.465 e. The lowest BCUT2D eigenvalue weighted by Crippen LogP contribution is -2.35. The third kappa shape index (κ3) is 4.60. The molecule has 0 amide bonds. The number of carbonyl (C=O) groups excluding carboxylic acids is 1. The van der Waals surface area contributed by atoms with Crippen LogP contribution in [0.5, 0.6) is 5.75 Å². The highest BCUT2D eigenvalue weighted by atomic mass is 19.4. The Morgan fingerprint density at radius 1 is 1.32 bits per heavy atom. The average Bonchev–Trinajstić information content (AvgIpc) is 2.46. The van der Waals surface area contributed by atoms with Gasteiger partial charge in [-0.2, -0.15) is 0 Å². The number of nitrogens with zero attached hydrogens (tertiary/aromatic N) is 1. The fraction of sp³-hybridized carbons (Fsp3) is 0.500. The largest absolute Gasteiger partial charge is 0.573 e. The summed E-state index contributed by atoms with van der Waals surface area (Å²) >= 11 is 0. The van der Waals surface area contributed by atoms with E-state index in [0.29, 0.717) is 38.4 Å². The quantitative estimate of drug-likeness (QED) is 0.796. The van der Waals surface area contributed by atoms with Crippen molar-refractivity contribution in [3.05, 3.63) is 29.3 Å². The van der Waals surface area contributed by atoms with E-state index in [1.165, 1.54) is 12.1 Å². The minimum Gasteiger partial charge on any atom is -0.465 e. The topological polar surface area (TPSA) is 48.0 Å². The minimum atomic E-state index is -4.87. The van der Waals surface area contributed by atoms with Gasteiger partial charge in [-0.15, -0.1) is 13.2 Å². The summed E-state index contributed by atoms with van der Waals surface area (Å²) in [7, 11) is 1.10. The molecule has 22 heavy (non-hydrogen) atoms. The van der Waals surface area contributed by atoms with Gasteiger partial charge >= 0.3 is 12.3 Å². The van der Waals surface area contributed by atoms with Gasteiger partial charge < -0.3 is 14.2 Å². The van der Waals surface area contributed by atoms with Gasteiger partial charge in [-0.25, -0.2) is 4.79 Å². The number of benzene rings is 1. The number of esters is 1. The van der Waals surface area contributed by atoms with Crippen LogP contribution < -0.4 is 4.74 Å². The highest BCUT2D eigenvalue weighted by Crippen LogP contribution is 2.28. The molecule has 8 heteroatoms. The number of carbonyl (C=O) groups is 1. The standard InChI is InChI=1S/C14H16F3NO4/c1-20-13(19)11-3-2-10(8-12(11)22-14(15,16)17)9-18-4-6-21-7-5-18/h2-3,8H,4-7,9H2,1H3. The van der Waals surface area contributed by atoms with Gasteiger partial charge in [0.1, 0.15) is 11.3 Å². The Kier molecular flexibility index (Phi) is 5.25. The zero-order chi connectivity index (χ0) is 16.2. The van der Waals surface area contributed by atoms with E-state index in [4.69, 9.17) is 4.74 Å². The van der Waals surface area contributed by atoms with Gasteiger partial charge in [0, 0.05) is 19.6 Å². The average molecular weight is 319 g/mol. The Balaban J connectivity index is 2.21. The third-order valence-electron chi connectivity index (χ3n) is 3.19. The van der Waals surface area contributed by atoms with Gasteiger partial charge in [0.05, 0.1) is 20.3 Å². The Hall–Kier alpha value is -1.80. The fourth-order valence-corrected chi connectivity index (χ4v) is 2.17. The number of ether oxygens (including phenoxy) is 3. The molecule has 1 aliphatic heterocycles. The zero-order valence-corrected chi connectivity index (χ0v) is 12.0. The first-order valence-corrected chi connectivity index (χ1v) is 6.66. The van der Waals surface area contributed by atoms with Crippen molar-refractivity contribution in [2.24, 2.45) is 0 Å². The Bertz CT molecular complexity index is 527. The van der Waals surface area contributed by atoms with E-state index < -0.39 is 18.1 Å². The van der Waals surface area contributed by atoms with Crippen molar-refractivity contribution in [3.8, 4) is 5.75 Å². The molecule has 122 valence electrons. The zero-order valence-electron chi connectivity index (χ0n) is 12.0. The van der Waals surface area contributed by atoms with Crippen molar-refractivity contribution in [1.29, 1.82) is 0 Å². The molecule has 1 fully saturated rings. The summed E-state index contributed by atoms with van der Waals surface area (Å²) in [4.78, 5) is 13.6. The Morgan fingerprint density at radius 3 is 2.59 bits per heavy atom. The van der Waals surface area contributed by atoms with Gasteiger partial charge in [-0.3, -0.25) is 4.90 Å². The summed E-state index contributed by atoms with van der Waals surface area (Å²) in [6.45, 7) is 3.04. The lowest BCUT2D eigenvalue weighted by atomic mass is 10.1. The lowest BCUT2D eigenvalue weighted by Gasteiger charge is -2.26. The van der Waals surface area contributed by atoms with E-state index in [1.807, 2.05) is 4.90 Å². The fourth-order valence-electron chi connectivity index (χ4n) is 2.17. The number of morpholine rings is 1. The molecule has 1 aliphatic rings. The van der Waals surface area contributed by atoms with E-state index in [0.717, 1.165) is 7.11 Å². The van der Waals surface area contributed by atoms with Crippen LogP contribution in [0.1, 0.15) is 15.9 Å². The normalized spacial score (nSPS) is 16.4. The monoisotopic (exact) mass is 319 g/mol. The van der Waals surface area contributed by atoms with Crippen LogP contribution in [0.3, 0.4) is 0 Å². The molecule has 2 rings (SSSR count). The lowest BCUT2D eigenvalue weighted by molar-refractivity contribution is -0.274. The molecule has 1 aromatic carbocycles. The van der Waals surface area contributed by atoms with Gasteiger partial charge in [0.2, 0.25) is 0 Å². The number of hydrogen-bond donors (Lipinski definition) is 0. The molecule has 0 atom stereocenters. The highest BCUT2D eigenvalue weighted by Gasteiger charge is 2.33. The second-order valence-corrected chi connectivity index (χ2v) is 4.76. The van der Waals surface area contributed by atoms with Crippen molar-refractivity contribution in [1.82, 2.24) is 4.90 Å². The van der Waals surface area contributed by atoms with Crippen LogP contribution in [0.2, 0.25) is 0 Å². The molecule has 1 heterocycles. The van der Waals surface area contributed by atoms with Crippen LogP contribution in [0.15, 0.2) is 18.2 Å². The second kappa shape index (κ2) is 6.97. The molecule has 0 aliphatic carbocycles. The number of methoxy groups -OCH3 is 1. The van der Waals surface area contributed by atoms with Crippen molar-refractivity contribution >= 4 is 5.97 Å². The first-order valence-electron chi connectivity index (χ1n) is 6.66. The number of alkyl halides is 3. The molecule has 5 nitrogen and oxygen atoms in total. The molecule has 1 saturated heterocycles. The summed E-state index contributed by atoms with van der Waals surface area (Å²) in [5, 5.41) is 0. The number of hydrogen-bond acceptors (Lipinski definition) is 5. The van der Waals surface area contributed by atoms with Crippen LogP contribution in [0, 0.1) is 0 Å². The van der Waals surface area contributed by atoms with Crippen molar-refractivity contribution < 1.29 is 32.2 Å². The maximum absolute atomic E-state index is 12.5. The van der Waals surface area contributed by atoms with Crippen molar-refractivity contribution in [2.75, 3.05) is 33.4 Å². The molecular weight excluding hydrogens is 303 g/mol. The van der Waals surface area contributed by atoms with Gasteiger partial charge in [0.15, 0.2) is 0 Å². The molecule has 1 aromatic rings.